The van der Waals surface area contributed by atoms with Crippen molar-refractivity contribution in [2.45, 2.75) is 26.1 Å². The molecule has 2 rings (SSSR count). The van der Waals surface area contributed by atoms with Gasteiger partial charge in [0.15, 0.2) is 0 Å². The Bertz CT molecular complexity index is 665. The maximum absolute atomic E-state index is 13.1. The van der Waals surface area contributed by atoms with Crippen LogP contribution in [-0.2, 0) is 6.18 Å². The van der Waals surface area contributed by atoms with E-state index < -0.39 is 17.8 Å². The highest BCUT2D eigenvalue weighted by Crippen LogP contribution is 2.37. The van der Waals surface area contributed by atoms with Crippen LogP contribution < -0.4 is 5.73 Å². The van der Waals surface area contributed by atoms with Crippen molar-refractivity contribution in [2.75, 3.05) is 0 Å². The zero-order chi connectivity index (χ0) is 15.8. The molecule has 21 heavy (non-hydrogen) atoms. The van der Waals surface area contributed by atoms with Crippen LogP contribution >= 0.6 is 11.6 Å². The lowest BCUT2D eigenvalue weighted by molar-refractivity contribution is -0.138. The fourth-order valence-electron chi connectivity index (χ4n) is 2.24. The predicted molar refractivity (Wildman–Crippen MR) is 78.4 cm³/mol. The molecule has 2 aromatic carbocycles. The summed E-state index contributed by atoms with van der Waals surface area (Å²) in [6.07, 6.45) is -4.44. The molecule has 0 radical (unpaired) electrons. The molecule has 0 spiro atoms. The molecule has 0 aromatic heterocycles. The van der Waals surface area contributed by atoms with Gasteiger partial charge in [-0.25, -0.2) is 0 Å². The van der Waals surface area contributed by atoms with Crippen molar-refractivity contribution < 1.29 is 13.2 Å². The largest absolute Gasteiger partial charge is 0.416 e. The van der Waals surface area contributed by atoms with Gasteiger partial charge in [-0.2, -0.15) is 13.2 Å². The van der Waals surface area contributed by atoms with Crippen molar-refractivity contribution in [1.82, 2.24) is 0 Å². The molecule has 0 fully saturated rings. The zero-order valence-electron chi connectivity index (χ0n) is 11.6. The number of hydrogen-bond donors (Lipinski definition) is 1. The highest BCUT2D eigenvalue weighted by atomic mass is 35.5. The average molecular weight is 314 g/mol. The Balaban J connectivity index is 2.56. The summed E-state index contributed by atoms with van der Waals surface area (Å²) in [4.78, 5) is 0. The first kappa shape index (κ1) is 15.9. The number of benzene rings is 2. The van der Waals surface area contributed by atoms with Gasteiger partial charge in [0.25, 0.3) is 0 Å². The minimum absolute atomic E-state index is 0.0233. The summed E-state index contributed by atoms with van der Waals surface area (Å²) >= 11 is 6.15. The molecule has 2 aromatic rings. The van der Waals surface area contributed by atoms with Gasteiger partial charge in [0.1, 0.15) is 0 Å². The van der Waals surface area contributed by atoms with E-state index in [0.717, 1.165) is 17.2 Å². The average Bonchev–Trinajstić information content (AvgIpc) is 2.41. The monoisotopic (exact) mass is 313 g/mol. The van der Waals surface area contributed by atoms with E-state index in [4.69, 9.17) is 17.3 Å². The van der Waals surface area contributed by atoms with Gasteiger partial charge in [-0.15, -0.1) is 0 Å². The Morgan fingerprint density at radius 1 is 1.00 bits per heavy atom. The zero-order valence-corrected chi connectivity index (χ0v) is 12.4. The van der Waals surface area contributed by atoms with Gasteiger partial charge in [-0.3, -0.25) is 0 Å². The molecule has 0 amide bonds. The van der Waals surface area contributed by atoms with Crippen molar-refractivity contribution in [3.63, 3.8) is 0 Å². The second-order valence-corrected chi connectivity index (χ2v) is 5.43. The Morgan fingerprint density at radius 2 is 1.57 bits per heavy atom. The van der Waals surface area contributed by atoms with Crippen LogP contribution in [0, 0.1) is 13.8 Å². The highest BCUT2D eigenvalue weighted by Gasteiger charge is 2.34. The topological polar surface area (TPSA) is 26.0 Å². The molecule has 0 saturated carbocycles. The van der Waals surface area contributed by atoms with Crippen molar-refractivity contribution in [2.24, 2.45) is 5.73 Å². The van der Waals surface area contributed by atoms with Crippen LogP contribution in [0.1, 0.15) is 33.9 Å². The first-order valence-corrected chi connectivity index (χ1v) is 6.78. The van der Waals surface area contributed by atoms with E-state index in [1.807, 2.05) is 13.8 Å². The van der Waals surface area contributed by atoms with E-state index in [2.05, 4.69) is 0 Å². The Labute approximate surface area is 126 Å². The normalized spacial score (nSPS) is 13.3. The molecule has 0 aliphatic rings. The molecule has 112 valence electrons. The third kappa shape index (κ3) is 3.22. The number of halogens is 4. The van der Waals surface area contributed by atoms with Crippen LogP contribution in [-0.4, -0.2) is 0 Å². The van der Waals surface area contributed by atoms with Gasteiger partial charge in [0.2, 0.25) is 0 Å². The molecule has 2 N–H and O–H groups in total. The van der Waals surface area contributed by atoms with Crippen molar-refractivity contribution in [3.05, 3.63) is 69.2 Å². The van der Waals surface area contributed by atoms with E-state index in [9.17, 15) is 13.2 Å². The number of hydrogen-bond acceptors (Lipinski definition) is 1. The second kappa shape index (κ2) is 5.70. The first-order chi connectivity index (χ1) is 9.71. The lowest BCUT2D eigenvalue weighted by Crippen LogP contribution is -2.19. The van der Waals surface area contributed by atoms with Gasteiger partial charge in [-0.1, -0.05) is 35.9 Å². The maximum atomic E-state index is 13.1. The maximum Gasteiger partial charge on any atom is 0.416 e. The SMILES string of the molecule is Cc1cc(Cl)c(C(N)c2ccccc2C(F)(F)F)cc1C. The molecular weight excluding hydrogens is 299 g/mol. The van der Waals surface area contributed by atoms with Gasteiger partial charge in [0, 0.05) is 5.02 Å². The van der Waals surface area contributed by atoms with Gasteiger partial charge < -0.3 is 5.73 Å². The van der Waals surface area contributed by atoms with Crippen LogP contribution in [0.3, 0.4) is 0 Å². The quantitative estimate of drug-likeness (QED) is 0.827. The Morgan fingerprint density at radius 3 is 2.19 bits per heavy atom. The van der Waals surface area contributed by atoms with Gasteiger partial charge in [0.05, 0.1) is 11.6 Å². The smallest absolute Gasteiger partial charge is 0.320 e. The summed E-state index contributed by atoms with van der Waals surface area (Å²) < 4.78 is 39.2. The molecule has 0 saturated heterocycles. The summed E-state index contributed by atoms with van der Waals surface area (Å²) in [6.45, 7) is 3.76. The van der Waals surface area contributed by atoms with Gasteiger partial charge >= 0.3 is 6.18 Å². The standard InChI is InChI=1S/C16H15ClF3N/c1-9-7-12(14(17)8-10(9)2)15(21)11-5-3-4-6-13(11)16(18,19)20/h3-8,15H,21H2,1-2H3. The van der Waals surface area contributed by atoms with Crippen molar-refractivity contribution in [1.29, 1.82) is 0 Å². The minimum Gasteiger partial charge on any atom is -0.320 e. The van der Waals surface area contributed by atoms with Crippen LogP contribution in [0.25, 0.3) is 0 Å². The lowest BCUT2D eigenvalue weighted by Gasteiger charge is -2.20. The fourth-order valence-corrected chi connectivity index (χ4v) is 2.57. The molecule has 0 aliphatic carbocycles. The molecule has 1 atom stereocenters. The summed E-state index contributed by atoms with van der Waals surface area (Å²) in [6, 6.07) is 7.86. The van der Waals surface area contributed by atoms with Crippen LogP contribution in [0.15, 0.2) is 36.4 Å². The summed E-state index contributed by atoms with van der Waals surface area (Å²) in [5.74, 6) is 0. The fraction of sp³-hybridized carbons (Fsp3) is 0.250. The number of alkyl halides is 3. The summed E-state index contributed by atoms with van der Waals surface area (Å²) in [5.41, 5.74) is 7.75. The molecule has 1 nitrogen and oxygen atoms in total. The Hall–Kier alpha value is -1.52. The van der Waals surface area contributed by atoms with E-state index in [1.54, 1.807) is 18.2 Å². The molecule has 0 heterocycles. The third-order valence-corrected chi connectivity index (χ3v) is 3.88. The molecular formula is C16H15ClF3N. The molecule has 5 heteroatoms. The molecule has 0 aliphatic heterocycles. The second-order valence-electron chi connectivity index (χ2n) is 5.02. The number of aryl methyl sites for hydroxylation is 2. The number of rotatable bonds is 2. The lowest BCUT2D eigenvalue weighted by atomic mass is 9.93. The highest BCUT2D eigenvalue weighted by molar-refractivity contribution is 6.31. The van der Waals surface area contributed by atoms with Crippen LogP contribution in [0.4, 0.5) is 13.2 Å². The van der Waals surface area contributed by atoms with Crippen LogP contribution in [0.5, 0.6) is 0 Å². The molecule has 1 unspecified atom stereocenters. The first-order valence-electron chi connectivity index (χ1n) is 6.40. The molecule has 0 bridgehead atoms. The van der Waals surface area contributed by atoms with Crippen molar-refractivity contribution >= 4 is 11.6 Å². The third-order valence-electron chi connectivity index (χ3n) is 3.55. The van der Waals surface area contributed by atoms with E-state index in [-0.39, 0.29) is 5.56 Å². The Kier molecular flexibility index (Phi) is 4.30. The predicted octanol–water partition coefficient (Wildman–Crippen LogP) is 5.02. The van der Waals surface area contributed by atoms with E-state index in [0.29, 0.717) is 10.6 Å². The number of nitrogens with two attached hydrogens (primary N) is 1. The van der Waals surface area contributed by atoms with Crippen molar-refractivity contribution in [3.8, 4) is 0 Å². The minimum atomic E-state index is -4.44. The summed E-state index contributed by atoms with van der Waals surface area (Å²) in [5, 5.41) is 0.377. The van der Waals surface area contributed by atoms with Crippen LogP contribution in [0.2, 0.25) is 5.02 Å². The van der Waals surface area contributed by atoms with E-state index >= 15 is 0 Å². The van der Waals surface area contributed by atoms with E-state index in [1.165, 1.54) is 12.1 Å². The van der Waals surface area contributed by atoms with Gasteiger partial charge in [-0.05, 0) is 48.2 Å². The summed E-state index contributed by atoms with van der Waals surface area (Å²) in [7, 11) is 0.